The zero-order valence-corrected chi connectivity index (χ0v) is 21.2. The van der Waals surface area contributed by atoms with Crippen molar-refractivity contribution in [3.05, 3.63) is 104 Å². The molecular formula is C26H18Cl2F3N5O2. The lowest BCUT2D eigenvalue weighted by molar-refractivity contribution is -0.141. The van der Waals surface area contributed by atoms with E-state index in [1.807, 2.05) is 0 Å². The third-order valence-electron chi connectivity index (χ3n) is 6.08. The van der Waals surface area contributed by atoms with E-state index < -0.39 is 24.0 Å². The SMILES string of the molecule is Cc1nc(C(F)(F)F)ccc1Cn1c(=O)c(-c2ccc(Cl)cc2)c(-c2ccc(Cl)cc2)c2nnc(CO)n21. The summed E-state index contributed by atoms with van der Waals surface area (Å²) in [5.74, 6) is 0.0764. The van der Waals surface area contributed by atoms with Crippen LogP contribution in [0.2, 0.25) is 10.0 Å². The number of rotatable bonds is 5. The van der Waals surface area contributed by atoms with Gasteiger partial charge in [0.05, 0.1) is 12.1 Å². The number of aliphatic hydroxyl groups excluding tert-OH is 1. The molecule has 0 radical (unpaired) electrons. The second kappa shape index (κ2) is 9.86. The molecule has 0 spiro atoms. The molecule has 0 unspecified atom stereocenters. The number of pyridine rings is 1. The van der Waals surface area contributed by atoms with Gasteiger partial charge in [-0.2, -0.15) is 13.2 Å². The zero-order chi connectivity index (χ0) is 27.2. The molecule has 5 rings (SSSR count). The van der Waals surface area contributed by atoms with Gasteiger partial charge in [-0.15, -0.1) is 10.2 Å². The summed E-state index contributed by atoms with van der Waals surface area (Å²) in [7, 11) is 0. The number of benzene rings is 2. The van der Waals surface area contributed by atoms with Crippen LogP contribution in [0.5, 0.6) is 0 Å². The molecule has 0 aliphatic carbocycles. The summed E-state index contributed by atoms with van der Waals surface area (Å²) in [6.07, 6.45) is -4.60. The first-order valence-electron chi connectivity index (χ1n) is 11.3. The fraction of sp³-hybridized carbons (Fsp3) is 0.154. The number of aliphatic hydroxyl groups is 1. The average molecular weight is 560 g/mol. The maximum atomic E-state index is 14.2. The minimum absolute atomic E-state index is 0.0764. The van der Waals surface area contributed by atoms with E-state index in [9.17, 15) is 23.1 Å². The number of hydrogen-bond acceptors (Lipinski definition) is 5. The van der Waals surface area contributed by atoms with Gasteiger partial charge in [0.25, 0.3) is 5.56 Å². The molecule has 0 saturated heterocycles. The Morgan fingerprint density at radius 1 is 0.868 bits per heavy atom. The second-order valence-electron chi connectivity index (χ2n) is 8.48. The van der Waals surface area contributed by atoms with E-state index >= 15 is 0 Å². The zero-order valence-electron chi connectivity index (χ0n) is 19.7. The Balaban J connectivity index is 1.83. The predicted molar refractivity (Wildman–Crippen MR) is 137 cm³/mol. The highest BCUT2D eigenvalue weighted by Gasteiger charge is 2.33. The summed E-state index contributed by atoms with van der Waals surface area (Å²) in [4.78, 5) is 17.9. The molecule has 0 aliphatic heterocycles. The lowest BCUT2D eigenvalue weighted by Gasteiger charge is -2.18. The molecule has 38 heavy (non-hydrogen) atoms. The smallest absolute Gasteiger partial charge is 0.388 e. The van der Waals surface area contributed by atoms with Gasteiger partial charge in [-0.1, -0.05) is 53.5 Å². The van der Waals surface area contributed by atoms with Gasteiger partial charge in [0, 0.05) is 21.3 Å². The number of nitrogens with zero attached hydrogens (tertiary/aromatic N) is 5. The third-order valence-corrected chi connectivity index (χ3v) is 6.59. The van der Waals surface area contributed by atoms with Crippen molar-refractivity contribution in [3.8, 4) is 22.3 Å². The molecule has 2 aromatic carbocycles. The van der Waals surface area contributed by atoms with Gasteiger partial charge in [-0.25, -0.2) is 14.2 Å². The van der Waals surface area contributed by atoms with E-state index in [0.29, 0.717) is 32.3 Å². The van der Waals surface area contributed by atoms with Crippen LogP contribution in [-0.2, 0) is 19.3 Å². The van der Waals surface area contributed by atoms with Crippen LogP contribution in [0.4, 0.5) is 13.2 Å². The first-order chi connectivity index (χ1) is 18.1. The number of fused-ring (bicyclic) bond motifs is 1. The summed E-state index contributed by atoms with van der Waals surface area (Å²) >= 11 is 12.2. The van der Waals surface area contributed by atoms with Crippen LogP contribution in [0.3, 0.4) is 0 Å². The number of alkyl halides is 3. The van der Waals surface area contributed by atoms with E-state index in [2.05, 4.69) is 15.2 Å². The summed E-state index contributed by atoms with van der Waals surface area (Å²) in [5, 5.41) is 19.3. The molecule has 0 aliphatic rings. The Morgan fingerprint density at radius 2 is 1.45 bits per heavy atom. The first kappa shape index (κ1) is 25.9. The topological polar surface area (TPSA) is 85.3 Å². The third kappa shape index (κ3) is 4.66. The molecule has 12 heteroatoms. The average Bonchev–Trinajstić information content (AvgIpc) is 3.31. The maximum absolute atomic E-state index is 14.2. The first-order valence-corrected chi connectivity index (χ1v) is 12.0. The largest absolute Gasteiger partial charge is 0.433 e. The molecule has 194 valence electrons. The van der Waals surface area contributed by atoms with Crippen LogP contribution in [0.1, 0.15) is 22.8 Å². The van der Waals surface area contributed by atoms with Crippen LogP contribution < -0.4 is 5.56 Å². The standard InChI is InChI=1S/C26H18Cl2F3N5O2/c1-14-17(6-11-20(32-14)26(29,30)31)12-35-25(38)23(16-4-9-19(28)10-5-16)22(15-2-7-18(27)8-3-15)24-34-33-21(13-37)36(24)35/h2-11,37H,12-13H2,1H3. The monoisotopic (exact) mass is 559 g/mol. The van der Waals surface area contributed by atoms with E-state index in [4.69, 9.17) is 23.2 Å². The molecule has 0 atom stereocenters. The van der Waals surface area contributed by atoms with Crippen LogP contribution in [0, 0.1) is 6.92 Å². The maximum Gasteiger partial charge on any atom is 0.433 e. The van der Waals surface area contributed by atoms with E-state index in [-0.39, 0.29) is 29.3 Å². The highest BCUT2D eigenvalue weighted by Crippen LogP contribution is 2.34. The van der Waals surface area contributed by atoms with Crippen molar-refractivity contribution in [3.63, 3.8) is 0 Å². The Bertz CT molecular complexity index is 1710. The molecule has 3 heterocycles. The summed E-state index contributed by atoms with van der Waals surface area (Å²) < 4.78 is 42.2. The number of halogens is 5. The molecule has 5 aromatic rings. The Kier molecular flexibility index (Phi) is 6.72. The molecule has 0 bridgehead atoms. The molecular weight excluding hydrogens is 542 g/mol. The Morgan fingerprint density at radius 3 is 1.97 bits per heavy atom. The van der Waals surface area contributed by atoms with E-state index in [1.54, 1.807) is 48.5 Å². The van der Waals surface area contributed by atoms with Gasteiger partial charge in [-0.05, 0) is 53.9 Å². The summed E-state index contributed by atoms with van der Waals surface area (Å²) in [6.45, 7) is 0.748. The lowest BCUT2D eigenvalue weighted by atomic mass is 9.96. The molecule has 3 aromatic heterocycles. The van der Waals surface area contributed by atoms with Crippen LogP contribution in [-0.4, -0.2) is 29.5 Å². The summed E-state index contributed by atoms with van der Waals surface area (Å²) in [6, 6.07) is 15.6. The van der Waals surface area contributed by atoms with Gasteiger partial charge in [0.2, 0.25) is 0 Å². The minimum atomic E-state index is -4.60. The highest BCUT2D eigenvalue weighted by atomic mass is 35.5. The van der Waals surface area contributed by atoms with Crippen molar-refractivity contribution in [1.29, 1.82) is 0 Å². The molecule has 1 N–H and O–H groups in total. The second-order valence-corrected chi connectivity index (χ2v) is 9.35. The quantitative estimate of drug-likeness (QED) is 0.294. The van der Waals surface area contributed by atoms with Crippen molar-refractivity contribution in [2.24, 2.45) is 0 Å². The van der Waals surface area contributed by atoms with Gasteiger partial charge in [0.15, 0.2) is 11.5 Å². The molecule has 0 amide bonds. The fourth-order valence-corrected chi connectivity index (χ4v) is 4.50. The van der Waals surface area contributed by atoms with Crippen LogP contribution >= 0.6 is 23.2 Å². The van der Waals surface area contributed by atoms with Crippen molar-refractivity contribution < 1.29 is 18.3 Å². The molecule has 0 fully saturated rings. The van der Waals surface area contributed by atoms with Crippen LogP contribution in [0.25, 0.3) is 27.9 Å². The van der Waals surface area contributed by atoms with E-state index in [1.165, 1.54) is 22.2 Å². The molecule has 0 saturated carbocycles. The number of aromatic nitrogens is 5. The normalized spacial score (nSPS) is 11.9. The fourth-order valence-electron chi connectivity index (χ4n) is 4.25. The van der Waals surface area contributed by atoms with Crippen molar-refractivity contribution in [1.82, 2.24) is 24.4 Å². The summed E-state index contributed by atoms with van der Waals surface area (Å²) in [5.41, 5.74) is 1.10. The van der Waals surface area contributed by atoms with Gasteiger partial charge < -0.3 is 5.11 Å². The van der Waals surface area contributed by atoms with Crippen molar-refractivity contribution in [2.75, 3.05) is 0 Å². The van der Waals surface area contributed by atoms with E-state index in [0.717, 1.165) is 6.07 Å². The minimum Gasteiger partial charge on any atom is -0.388 e. The Labute approximate surface area is 223 Å². The predicted octanol–water partition coefficient (Wildman–Crippen LogP) is 5.79. The van der Waals surface area contributed by atoms with Crippen molar-refractivity contribution >= 4 is 28.8 Å². The van der Waals surface area contributed by atoms with Gasteiger partial charge >= 0.3 is 6.18 Å². The lowest BCUT2D eigenvalue weighted by Crippen LogP contribution is -2.30. The number of hydrogen-bond donors (Lipinski definition) is 1. The Hall–Kier alpha value is -3.73. The number of aryl methyl sites for hydroxylation is 1. The van der Waals surface area contributed by atoms with Crippen LogP contribution in [0.15, 0.2) is 65.5 Å². The van der Waals surface area contributed by atoms with Crippen molar-refractivity contribution in [2.45, 2.75) is 26.3 Å². The highest BCUT2D eigenvalue weighted by molar-refractivity contribution is 6.31. The van der Waals surface area contributed by atoms with Gasteiger partial charge in [0.1, 0.15) is 12.3 Å². The molecule has 7 nitrogen and oxygen atoms in total. The van der Waals surface area contributed by atoms with Gasteiger partial charge in [-0.3, -0.25) is 4.79 Å².